The first-order valence-electron chi connectivity index (χ1n) is 14.4. The predicted molar refractivity (Wildman–Crippen MR) is 175 cm³/mol. The van der Waals surface area contributed by atoms with E-state index in [4.69, 9.17) is 23.2 Å². The van der Waals surface area contributed by atoms with E-state index in [2.05, 4.69) is 30.7 Å². The van der Waals surface area contributed by atoms with Crippen molar-refractivity contribution in [3.8, 4) is 23.1 Å². The van der Waals surface area contributed by atoms with Crippen LogP contribution in [-0.4, -0.2) is 31.5 Å². The van der Waals surface area contributed by atoms with E-state index in [-0.39, 0.29) is 80.8 Å². The van der Waals surface area contributed by atoms with Gasteiger partial charge in [-0.05, 0) is 62.4 Å². The molecule has 0 spiro atoms. The Morgan fingerprint density at radius 2 is 0.962 bits per heavy atom. The first kappa shape index (κ1) is 41.6. The Morgan fingerprint density at radius 1 is 0.596 bits per heavy atom. The molecule has 2 aromatic heterocycles. The molecule has 0 bridgehead atoms. The van der Waals surface area contributed by atoms with Gasteiger partial charge < -0.3 is 30.0 Å². The number of aryl methyl sites for hydroxylation is 2. The number of carbonyl (C=O) groups is 2. The molecular formula is C34H22Cl2CrN8NaO6. The summed E-state index contributed by atoms with van der Waals surface area (Å²) in [6, 6.07) is 25.3. The number of carbonyl (C=O) groups excluding carboxylic acids is 2. The topological polar surface area (TPSA) is 211 Å². The third-order valence-electron chi connectivity index (χ3n) is 6.84. The Bertz CT molecular complexity index is 2140. The smallest absolute Gasteiger partial charge is 0.857 e. The Kier molecular flexibility index (Phi) is 14.9. The maximum Gasteiger partial charge on any atom is 3.00 e. The summed E-state index contributed by atoms with van der Waals surface area (Å²) in [6.45, 7) is 3.23. The van der Waals surface area contributed by atoms with Crippen LogP contribution < -0.4 is 50.0 Å². The Balaban J connectivity index is 0.000000270. The third kappa shape index (κ3) is 9.72. The van der Waals surface area contributed by atoms with E-state index in [9.17, 15) is 30.0 Å². The normalized spacial score (nSPS) is 10.7. The molecule has 0 amide bonds. The van der Waals surface area contributed by atoms with Crippen molar-refractivity contribution in [1.29, 1.82) is 0 Å². The number of aromatic carboxylic acids is 2. The van der Waals surface area contributed by atoms with Crippen molar-refractivity contribution in [2.75, 3.05) is 0 Å². The van der Waals surface area contributed by atoms with Crippen molar-refractivity contribution in [2.45, 2.75) is 13.8 Å². The van der Waals surface area contributed by atoms with E-state index < -0.39 is 23.7 Å². The third-order valence-corrected chi connectivity index (χ3v) is 7.31. The summed E-state index contributed by atoms with van der Waals surface area (Å²) in [5.74, 6) is -3.70. The van der Waals surface area contributed by atoms with Gasteiger partial charge in [0.1, 0.15) is 11.4 Å². The number of benzene rings is 4. The van der Waals surface area contributed by atoms with Gasteiger partial charge in [0, 0.05) is 32.9 Å². The molecule has 0 atom stereocenters. The van der Waals surface area contributed by atoms with Gasteiger partial charge in [0.15, 0.2) is 0 Å². The number of aromatic nitrogens is 4. The molecule has 0 fully saturated rings. The van der Waals surface area contributed by atoms with Crippen molar-refractivity contribution < 1.29 is 76.9 Å². The van der Waals surface area contributed by atoms with E-state index >= 15 is 0 Å². The van der Waals surface area contributed by atoms with Crippen LogP contribution in [-0.2, 0) is 17.4 Å². The molecule has 255 valence electrons. The molecule has 18 heteroatoms. The molecule has 2 heterocycles. The minimum Gasteiger partial charge on any atom is -0.857 e. The van der Waals surface area contributed by atoms with Crippen molar-refractivity contribution in [1.82, 2.24) is 19.6 Å². The van der Waals surface area contributed by atoms with Gasteiger partial charge in [-0.15, -0.1) is 20.5 Å². The Morgan fingerprint density at radius 3 is 1.31 bits per heavy atom. The Hall–Kier alpha value is -4.85. The van der Waals surface area contributed by atoms with E-state index in [0.29, 0.717) is 32.8 Å². The standard InChI is InChI=1S/2C17H13ClN4O3.Cr.Na/c2*1-10-15(20-19-14-8-3-2-7-13(14)17(24)25)16(23)22(21-10)12-6-4-5-11(18)9-12;;/h2*2-9,23H,1H3,(H,24,25);;/q;;+3;+1/p-4. The van der Waals surface area contributed by atoms with Crippen LogP contribution in [0.3, 0.4) is 0 Å². The van der Waals surface area contributed by atoms with Crippen molar-refractivity contribution in [3.63, 3.8) is 0 Å². The monoisotopic (exact) mass is 783 g/mol. The van der Waals surface area contributed by atoms with Crippen LogP contribution in [0.25, 0.3) is 11.4 Å². The summed E-state index contributed by atoms with van der Waals surface area (Å²) in [5, 5.41) is 72.0. The van der Waals surface area contributed by atoms with Gasteiger partial charge in [0.25, 0.3) is 0 Å². The Labute approximate surface area is 339 Å². The van der Waals surface area contributed by atoms with E-state index in [0.717, 1.165) is 0 Å². The predicted octanol–water partition coefficient (Wildman–Crippen LogP) is 2.37. The fourth-order valence-electron chi connectivity index (χ4n) is 4.47. The molecule has 1 radical (unpaired) electrons. The number of nitrogens with zero attached hydrogens (tertiary/aromatic N) is 8. The summed E-state index contributed by atoms with van der Waals surface area (Å²) < 4.78 is 2.33. The molecule has 0 unspecified atom stereocenters. The van der Waals surface area contributed by atoms with E-state index in [1.165, 1.54) is 33.6 Å². The zero-order valence-electron chi connectivity index (χ0n) is 27.4. The average Bonchev–Trinajstić information content (AvgIpc) is 3.55. The van der Waals surface area contributed by atoms with Crippen LogP contribution in [0.15, 0.2) is 118 Å². The van der Waals surface area contributed by atoms with E-state index in [1.807, 2.05) is 0 Å². The van der Waals surface area contributed by atoms with Gasteiger partial charge in [-0.3, -0.25) is 0 Å². The van der Waals surface area contributed by atoms with Crippen LogP contribution >= 0.6 is 23.2 Å². The molecule has 0 N–H and O–H groups in total. The first-order valence-corrected chi connectivity index (χ1v) is 15.2. The van der Waals surface area contributed by atoms with Crippen LogP contribution in [0, 0.1) is 13.8 Å². The van der Waals surface area contributed by atoms with Crippen molar-refractivity contribution in [3.05, 3.63) is 130 Å². The summed E-state index contributed by atoms with van der Waals surface area (Å²) in [6.07, 6.45) is 0. The second-order valence-corrected chi connectivity index (χ2v) is 11.1. The number of hydrogen-bond donors (Lipinski definition) is 0. The summed E-state index contributed by atoms with van der Waals surface area (Å²) in [5.41, 5.74) is 1.72. The van der Waals surface area contributed by atoms with Crippen LogP contribution in [0.5, 0.6) is 11.8 Å². The largest absolute Gasteiger partial charge is 3.00 e. The summed E-state index contributed by atoms with van der Waals surface area (Å²) in [4.78, 5) is 22.2. The zero-order valence-corrected chi connectivity index (χ0v) is 32.2. The molecule has 0 aliphatic heterocycles. The van der Waals surface area contributed by atoms with Crippen LogP contribution in [0.4, 0.5) is 22.7 Å². The van der Waals surface area contributed by atoms with Crippen molar-refractivity contribution in [2.24, 2.45) is 20.5 Å². The molecule has 0 saturated heterocycles. The molecule has 0 saturated carbocycles. The van der Waals surface area contributed by atoms with Gasteiger partial charge in [0.05, 0.1) is 46.1 Å². The number of hydrogen-bond acceptors (Lipinski definition) is 12. The minimum absolute atomic E-state index is 0. The van der Waals surface area contributed by atoms with Gasteiger partial charge in [0.2, 0.25) is 0 Å². The van der Waals surface area contributed by atoms with Gasteiger partial charge >= 0.3 is 46.9 Å². The van der Waals surface area contributed by atoms with Gasteiger partial charge in [-0.1, -0.05) is 71.7 Å². The van der Waals surface area contributed by atoms with Crippen LogP contribution in [0.2, 0.25) is 10.0 Å². The SMILES string of the molecule is Cc1nn(-c2cccc(Cl)c2)c([O-])c1N=Nc1ccccc1C(=O)[O-].Cc1nn(-c2cccc(Cl)c2)c([O-])c1N=Nc1ccccc1C(=O)[O-].[Cr+3].[Na+]. The summed E-state index contributed by atoms with van der Waals surface area (Å²) in [7, 11) is 0. The molecule has 6 rings (SSSR count). The van der Waals surface area contributed by atoms with Gasteiger partial charge in [-0.25, -0.2) is 9.36 Å². The maximum atomic E-state index is 12.5. The molecule has 0 aliphatic carbocycles. The summed E-state index contributed by atoms with van der Waals surface area (Å²) >= 11 is 11.9. The fraction of sp³-hybridized carbons (Fsp3) is 0.0588. The fourth-order valence-corrected chi connectivity index (χ4v) is 4.84. The number of carboxylic acid groups (broad SMARTS) is 2. The molecule has 52 heavy (non-hydrogen) atoms. The zero-order chi connectivity index (χ0) is 35.9. The first-order chi connectivity index (χ1) is 23.9. The molecule has 6 aromatic rings. The quantitative estimate of drug-likeness (QED) is 0.165. The van der Waals surface area contributed by atoms with E-state index in [1.54, 1.807) is 86.6 Å². The maximum absolute atomic E-state index is 12.5. The number of carboxylic acids is 2. The number of halogens is 2. The molecular weight excluding hydrogens is 762 g/mol. The minimum atomic E-state index is -1.37. The molecule has 0 aliphatic rings. The number of azo groups is 2. The second-order valence-electron chi connectivity index (χ2n) is 10.3. The number of rotatable bonds is 8. The molecule has 14 nitrogen and oxygen atoms in total. The second kappa shape index (κ2) is 18.6. The average molecular weight is 784 g/mol. The van der Waals surface area contributed by atoms with Crippen LogP contribution in [0.1, 0.15) is 32.1 Å². The van der Waals surface area contributed by atoms with Gasteiger partial charge in [-0.2, -0.15) is 10.2 Å². The van der Waals surface area contributed by atoms with Crippen molar-refractivity contribution >= 4 is 57.9 Å². The molecule has 4 aromatic carbocycles.